The minimum Gasteiger partial charge on any atom is -0.394 e. The second-order valence-electron chi connectivity index (χ2n) is 10.6. The summed E-state index contributed by atoms with van der Waals surface area (Å²) >= 11 is 0. The predicted octanol–water partition coefficient (Wildman–Crippen LogP) is -7.06. The Morgan fingerprint density at radius 1 is 0.721 bits per heavy atom. The van der Waals surface area contributed by atoms with Crippen LogP contribution in [-0.2, 0) is 38.1 Å². The molecule has 3 fully saturated rings. The first kappa shape index (κ1) is 35.5. The second-order valence-corrected chi connectivity index (χ2v) is 10.6. The van der Waals surface area contributed by atoms with Crippen molar-refractivity contribution in [1.29, 1.82) is 0 Å². The molecule has 19 heteroatoms. The minimum atomic E-state index is -1.95. The third kappa shape index (κ3) is 7.48. The van der Waals surface area contributed by atoms with Crippen molar-refractivity contribution in [3.8, 4) is 0 Å². The molecule has 0 spiro atoms. The van der Waals surface area contributed by atoms with E-state index in [1.165, 1.54) is 0 Å². The van der Waals surface area contributed by atoms with Gasteiger partial charge in [-0.25, -0.2) is 0 Å². The number of amides is 3. The van der Waals surface area contributed by atoms with Gasteiger partial charge in [-0.15, -0.1) is 0 Å². The Morgan fingerprint density at radius 2 is 1.21 bits per heavy atom. The number of hydrogen-bond acceptors (Lipinski definition) is 17. The van der Waals surface area contributed by atoms with Crippen LogP contribution in [0.3, 0.4) is 0 Å². The molecule has 0 saturated carbocycles. The molecule has 0 aromatic heterocycles. The lowest BCUT2D eigenvalue weighted by Gasteiger charge is -2.51. The van der Waals surface area contributed by atoms with Crippen molar-refractivity contribution < 1.29 is 78.9 Å². The number of imide groups is 1. The standard InChI is InChI=1S/C24H41N3O16/c1-7(31)26-14-18(36)16(34)10(4-28)40-23(14)42-21-12(6-30)41-24(15(19(21)37)27(8(2)32)9(3)33)43-20-11(5-29)39-22(38)13(25)17(20)35/h10-24,28-30,34-38H,4-6,25H2,1-3H3,(H,26,31)/t10-,11-,12-,13-,14-,15-,16-,17-,18-,19-,20-,21-,22?,23+,24+/m1/s1. The molecule has 3 rings (SSSR count). The Labute approximate surface area is 245 Å². The van der Waals surface area contributed by atoms with Crippen molar-refractivity contribution in [1.82, 2.24) is 10.2 Å². The molecule has 43 heavy (non-hydrogen) atoms. The lowest BCUT2D eigenvalue weighted by molar-refractivity contribution is -0.356. The van der Waals surface area contributed by atoms with Gasteiger partial charge in [-0.2, -0.15) is 0 Å². The zero-order chi connectivity index (χ0) is 32.3. The van der Waals surface area contributed by atoms with E-state index in [4.69, 9.17) is 29.4 Å². The highest BCUT2D eigenvalue weighted by Gasteiger charge is 2.56. The number of ether oxygens (including phenoxy) is 5. The third-order valence-electron chi connectivity index (χ3n) is 7.55. The van der Waals surface area contributed by atoms with Crippen molar-refractivity contribution in [3.63, 3.8) is 0 Å². The van der Waals surface area contributed by atoms with Crippen LogP contribution >= 0.6 is 0 Å². The average molecular weight is 628 g/mol. The first-order valence-electron chi connectivity index (χ1n) is 13.5. The maximum absolute atomic E-state index is 12.6. The average Bonchev–Trinajstić information content (AvgIpc) is 2.94. The molecule has 3 amide bonds. The summed E-state index contributed by atoms with van der Waals surface area (Å²) < 4.78 is 28.2. The molecule has 3 aliphatic rings. The van der Waals surface area contributed by atoms with Gasteiger partial charge in [-0.3, -0.25) is 19.3 Å². The van der Waals surface area contributed by atoms with Gasteiger partial charge < -0.3 is 75.6 Å². The van der Waals surface area contributed by atoms with Gasteiger partial charge in [-0.1, -0.05) is 0 Å². The smallest absolute Gasteiger partial charge is 0.226 e. The summed E-state index contributed by atoms with van der Waals surface area (Å²) in [5.74, 6) is -2.44. The highest BCUT2D eigenvalue weighted by atomic mass is 16.7. The van der Waals surface area contributed by atoms with Crippen LogP contribution in [0.4, 0.5) is 0 Å². The molecular weight excluding hydrogens is 586 g/mol. The van der Waals surface area contributed by atoms with E-state index in [2.05, 4.69) is 5.32 Å². The lowest BCUT2D eigenvalue weighted by Crippen LogP contribution is -2.71. The number of aliphatic hydroxyl groups excluding tert-OH is 8. The van der Waals surface area contributed by atoms with Gasteiger partial charge in [0.2, 0.25) is 17.7 Å². The normalized spacial score (nSPS) is 43.6. The number of nitrogens with one attached hydrogen (secondary N) is 1. The zero-order valence-electron chi connectivity index (χ0n) is 23.6. The molecule has 3 aliphatic heterocycles. The fourth-order valence-corrected chi connectivity index (χ4v) is 5.42. The van der Waals surface area contributed by atoms with Crippen LogP contribution in [0, 0.1) is 0 Å². The topological polar surface area (TPSA) is 300 Å². The highest BCUT2D eigenvalue weighted by Crippen LogP contribution is 2.34. The van der Waals surface area contributed by atoms with Crippen LogP contribution in [0.2, 0.25) is 0 Å². The zero-order valence-corrected chi connectivity index (χ0v) is 23.6. The number of hydrogen-bond donors (Lipinski definition) is 10. The van der Waals surface area contributed by atoms with Crippen LogP contribution in [0.15, 0.2) is 0 Å². The summed E-state index contributed by atoms with van der Waals surface area (Å²) in [6.45, 7) is 0.655. The molecule has 0 radical (unpaired) electrons. The van der Waals surface area contributed by atoms with E-state index in [9.17, 15) is 55.2 Å². The van der Waals surface area contributed by atoms with Crippen molar-refractivity contribution >= 4 is 17.7 Å². The molecular formula is C24H41N3O16. The van der Waals surface area contributed by atoms with Crippen LogP contribution in [0.25, 0.3) is 0 Å². The summed E-state index contributed by atoms with van der Waals surface area (Å²) in [6.07, 6.45) is -19.7. The molecule has 15 atom stereocenters. The first-order valence-corrected chi connectivity index (χ1v) is 13.5. The second kappa shape index (κ2) is 14.9. The molecule has 11 N–H and O–H groups in total. The van der Waals surface area contributed by atoms with Crippen LogP contribution in [0.1, 0.15) is 20.8 Å². The predicted molar refractivity (Wildman–Crippen MR) is 136 cm³/mol. The maximum Gasteiger partial charge on any atom is 0.226 e. The Kier molecular flexibility index (Phi) is 12.3. The maximum atomic E-state index is 12.6. The van der Waals surface area contributed by atoms with E-state index in [0.717, 1.165) is 20.8 Å². The van der Waals surface area contributed by atoms with Gasteiger partial charge >= 0.3 is 0 Å². The van der Waals surface area contributed by atoms with Crippen LogP contribution < -0.4 is 11.1 Å². The van der Waals surface area contributed by atoms with Crippen LogP contribution in [0.5, 0.6) is 0 Å². The monoisotopic (exact) mass is 627 g/mol. The molecule has 0 aromatic carbocycles. The number of carbonyl (C=O) groups is 3. The number of aliphatic hydroxyl groups is 8. The fraction of sp³-hybridized carbons (Fsp3) is 0.875. The molecule has 248 valence electrons. The summed E-state index contributed by atoms with van der Waals surface area (Å²) in [5, 5.41) is 85.0. The molecule has 3 heterocycles. The van der Waals surface area contributed by atoms with Crippen LogP contribution in [-0.4, -0.2) is 175 Å². The number of nitrogens with zero attached hydrogens (tertiary/aromatic N) is 1. The van der Waals surface area contributed by atoms with Crippen molar-refractivity contribution in [2.75, 3.05) is 19.8 Å². The summed E-state index contributed by atoms with van der Waals surface area (Å²) in [6, 6.07) is -4.63. The summed E-state index contributed by atoms with van der Waals surface area (Å²) in [5.41, 5.74) is 5.77. The van der Waals surface area contributed by atoms with Crippen molar-refractivity contribution in [2.45, 2.75) is 113 Å². The third-order valence-corrected chi connectivity index (χ3v) is 7.55. The molecule has 0 bridgehead atoms. The number of carbonyl (C=O) groups excluding carboxylic acids is 3. The highest BCUT2D eigenvalue weighted by molar-refractivity contribution is 5.93. The lowest BCUT2D eigenvalue weighted by atomic mass is 9.93. The quantitative estimate of drug-likeness (QED) is 0.114. The van der Waals surface area contributed by atoms with Gasteiger partial charge in [-0.05, 0) is 0 Å². The van der Waals surface area contributed by atoms with E-state index in [-0.39, 0.29) is 0 Å². The van der Waals surface area contributed by atoms with E-state index >= 15 is 0 Å². The van der Waals surface area contributed by atoms with E-state index in [1.807, 2.05) is 0 Å². The number of rotatable bonds is 9. The molecule has 0 aromatic rings. The fourth-order valence-electron chi connectivity index (χ4n) is 5.42. The molecule has 3 saturated heterocycles. The Bertz CT molecular complexity index is 961. The first-order chi connectivity index (χ1) is 20.2. The molecule has 19 nitrogen and oxygen atoms in total. The Hall–Kier alpha value is -1.95. The SMILES string of the molecule is CC(=O)N[C@H]1[C@H](O[C@H]2[C@H](O)[C@@H](N(C(C)=O)C(C)=O)[C@H](O[C@H]3[C@H](O)[C@@H](N)C(O)O[C@@H]3CO)O[C@@H]2CO)O[C@H](CO)[C@@H](O)[C@@H]1O. The van der Waals surface area contributed by atoms with Gasteiger partial charge in [0.1, 0.15) is 67.0 Å². The Morgan fingerprint density at radius 3 is 1.72 bits per heavy atom. The molecule has 0 aliphatic carbocycles. The number of nitrogens with two attached hydrogens (primary N) is 1. The van der Waals surface area contributed by atoms with Gasteiger partial charge in [0.15, 0.2) is 18.9 Å². The summed E-state index contributed by atoms with van der Waals surface area (Å²) in [7, 11) is 0. The van der Waals surface area contributed by atoms with Crippen molar-refractivity contribution in [2.24, 2.45) is 5.73 Å². The van der Waals surface area contributed by atoms with Gasteiger partial charge in [0.05, 0.1) is 25.9 Å². The minimum absolute atomic E-state index is 0.570. The van der Waals surface area contributed by atoms with E-state index in [1.54, 1.807) is 0 Å². The molecule has 1 unspecified atom stereocenters. The summed E-state index contributed by atoms with van der Waals surface area (Å²) in [4.78, 5) is 37.6. The van der Waals surface area contributed by atoms with Gasteiger partial charge in [0.25, 0.3) is 0 Å². The van der Waals surface area contributed by atoms with Crippen molar-refractivity contribution in [3.05, 3.63) is 0 Å². The largest absolute Gasteiger partial charge is 0.394 e. The van der Waals surface area contributed by atoms with E-state index in [0.29, 0.717) is 4.90 Å². The van der Waals surface area contributed by atoms with E-state index < -0.39 is 129 Å². The Balaban J connectivity index is 2.00. The van der Waals surface area contributed by atoms with Gasteiger partial charge in [0, 0.05) is 20.8 Å².